The highest BCUT2D eigenvalue weighted by molar-refractivity contribution is 6.44. The Morgan fingerprint density at radius 1 is 1.43 bits per heavy atom. The van der Waals surface area contributed by atoms with Crippen LogP contribution in [0.15, 0.2) is 34.9 Å². The van der Waals surface area contributed by atoms with Crippen molar-refractivity contribution in [3.8, 4) is 0 Å². The third-order valence-electron chi connectivity index (χ3n) is 2.79. The van der Waals surface area contributed by atoms with E-state index < -0.39 is 16.9 Å². The van der Waals surface area contributed by atoms with Gasteiger partial charge in [-0.3, -0.25) is 14.9 Å². The second-order valence-electron chi connectivity index (χ2n) is 4.26. The molecule has 0 saturated carbocycles. The topological polar surface area (TPSA) is 85.4 Å². The Morgan fingerprint density at radius 2 is 2.14 bits per heavy atom. The van der Waals surface area contributed by atoms with Crippen molar-refractivity contribution >= 4 is 34.8 Å². The molecule has 1 N–H and O–H groups in total. The second-order valence-corrected chi connectivity index (χ2v) is 5.04. The number of nitrogens with one attached hydrogen (secondary N) is 1. The fourth-order valence-corrected chi connectivity index (χ4v) is 2.14. The minimum atomic E-state index is -0.644. The van der Waals surface area contributed by atoms with Crippen LogP contribution >= 0.6 is 23.2 Å². The van der Waals surface area contributed by atoms with Crippen LogP contribution < -0.4 is 5.32 Å². The molecule has 1 atom stereocenters. The summed E-state index contributed by atoms with van der Waals surface area (Å²) in [5.41, 5.74) is -0.366. The number of hydrogen-bond donors (Lipinski definition) is 1. The Hall–Kier alpha value is -2.05. The number of amides is 1. The maximum atomic E-state index is 12.2. The summed E-state index contributed by atoms with van der Waals surface area (Å²) in [4.78, 5) is 22.3. The predicted molar refractivity (Wildman–Crippen MR) is 77.7 cm³/mol. The molecule has 1 unspecified atom stereocenters. The van der Waals surface area contributed by atoms with E-state index >= 15 is 0 Å². The number of benzene rings is 1. The molecule has 0 aliphatic carbocycles. The van der Waals surface area contributed by atoms with Crippen LogP contribution in [-0.4, -0.2) is 10.8 Å². The third-order valence-corrected chi connectivity index (χ3v) is 3.59. The van der Waals surface area contributed by atoms with Crippen LogP contribution in [0, 0.1) is 10.1 Å². The minimum absolute atomic E-state index is 0.0357. The molecule has 2 rings (SSSR count). The van der Waals surface area contributed by atoms with Crippen LogP contribution in [0.5, 0.6) is 0 Å². The minimum Gasteiger partial charge on any atom is -0.467 e. The number of nitrogens with zero attached hydrogens (tertiary/aromatic N) is 1. The average molecular weight is 329 g/mol. The lowest BCUT2D eigenvalue weighted by Crippen LogP contribution is -2.26. The smallest absolute Gasteiger partial charge is 0.271 e. The first kappa shape index (κ1) is 15.3. The highest BCUT2D eigenvalue weighted by Gasteiger charge is 2.21. The zero-order valence-electron chi connectivity index (χ0n) is 10.8. The Morgan fingerprint density at radius 3 is 2.71 bits per heavy atom. The van der Waals surface area contributed by atoms with Crippen LogP contribution in [0.25, 0.3) is 0 Å². The molecule has 1 amide bonds. The largest absolute Gasteiger partial charge is 0.467 e. The Balaban J connectivity index is 2.28. The van der Waals surface area contributed by atoms with Crippen molar-refractivity contribution in [2.75, 3.05) is 0 Å². The Bertz CT molecular complexity index is 686. The van der Waals surface area contributed by atoms with Crippen molar-refractivity contribution in [3.63, 3.8) is 0 Å². The second kappa shape index (κ2) is 6.15. The van der Waals surface area contributed by atoms with Crippen molar-refractivity contribution in [1.82, 2.24) is 5.32 Å². The molecular formula is C13H10Cl2N2O4. The fraction of sp³-hybridized carbons (Fsp3) is 0.154. The van der Waals surface area contributed by atoms with Gasteiger partial charge in [0.15, 0.2) is 0 Å². The van der Waals surface area contributed by atoms with Gasteiger partial charge in [0.25, 0.3) is 11.6 Å². The van der Waals surface area contributed by atoms with E-state index in [0.29, 0.717) is 5.76 Å². The molecule has 0 aliphatic rings. The number of hydrogen-bond acceptors (Lipinski definition) is 4. The highest BCUT2D eigenvalue weighted by Crippen LogP contribution is 2.31. The fourth-order valence-electron chi connectivity index (χ4n) is 1.73. The maximum absolute atomic E-state index is 12.2. The summed E-state index contributed by atoms with van der Waals surface area (Å²) in [6.07, 6.45) is 1.48. The van der Waals surface area contributed by atoms with Crippen molar-refractivity contribution in [2.45, 2.75) is 13.0 Å². The number of nitro groups is 1. The molecule has 1 aromatic heterocycles. The molecule has 0 saturated heterocycles. The monoisotopic (exact) mass is 328 g/mol. The van der Waals surface area contributed by atoms with E-state index in [9.17, 15) is 14.9 Å². The molecule has 6 nitrogen and oxygen atoms in total. The maximum Gasteiger partial charge on any atom is 0.271 e. The summed E-state index contributed by atoms with van der Waals surface area (Å²) in [5.74, 6) is -0.0227. The Kier molecular flexibility index (Phi) is 4.50. The number of carbonyl (C=O) groups excluding carboxylic acids is 1. The third kappa shape index (κ3) is 3.34. The number of carbonyl (C=O) groups is 1. The Labute approximate surface area is 129 Å². The lowest BCUT2D eigenvalue weighted by molar-refractivity contribution is -0.384. The molecule has 21 heavy (non-hydrogen) atoms. The lowest BCUT2D eigenvalue weighted by Gasteiger charge is -2.12. The van der Waals surface area contributed by atoms with Crippen molar-refractivity contribution in [2.24, 2.45) is 0 Å². The molecule has 1 aromatic carbocycles. The molecule has 0 radical (unpaired) electrons. The molecule has 0 spiro atoms. The first-order chi connectivity index (χ1) is 9.90. The number of nitro benzene ring substituents is 1. The van der Waals surface area contributed by atoms with E-state index in [2.05, 4.69) is 5.32 Å². The van der Waals surface area contributed by atoms with Gasteiger partial charge < -0.3 is 9.73 Å². The van der Waals surface area contributed by atoms with Gasteiger partial charge in [-0.1, -0.05) is 23.2 Å². The molecule has 110 valence electrons. The summed E-state index contributed by atoms with van der Waals surface area (Å²) < 4.78 is 5.17. The van der Waals surface area contributed by atoms with Gasteiger partial charge in [0.2, 0.25) is 0 Å². The van der Waals surface area contributed by atoms with Gasteiger partial charge in [-0.15, -0.1) is 0 Å². The molecule has 8 heteroatoms. The van der Waals surface area contributed by atoms with E-state index in [1.54, 1.807) is 19.1 Å². The van der Waals surface area contributed by atoms with Crippen LogP contribution in [0.1, 0.15) is 29.1 Å². The standard InChI is InChI=1S/C13H10Cl2N2O4/c1-7(11-3-2-4-21-11)16-13(18)9-5-8(17(19)20)6-10(14)12(9)15/h2-7H,1H3,(H,16,18). The summed E-state index contributed by atoms with van der Waals surface area (Å²) in [5, 5.41) is 13.4. The van der Waals surface area contributed by atoms with Crippen LogP contribution in [0.4, 0.5) is 5.69 Å². The molecular weight excluding hydrogens is 319 g/mol. The van der Waals surface area contributed by atoms with Crippen LogP contribution in [-0.2, 0) is 0 Å². The number of halogens is 2. The summed E-state index contributed by atoms with van der Waals surface area (Å²) >= 11 is 11.7. The predicted octanol–water partition coefficient (Wildman–Crippen LogP) is 3.99. The number of furan rings is 1. The first-order valence-electron chi connectivity index (χ1n) is 5.88. The van der Waals surface area contributed by atoms with Crippen LogP contribution in [0.2, 0.25) is 10.0 Å². The SMILES string of the molecule is CC(NC(=O)c1cc([N+](=O)[O-])cc(Cl)c1Cl)c1ccco1. The molecule has 0 aliphatic heterocycles. The lowest BCUT2D eigenvalue weighted by atomic mass is 10.1. The van der Waals surface area contributed by atoms with Crippen molar-refractivity contribution in [1.29, 1.82) is 0 Å². The zero-order chi connectivity index (χ0) is 15.6. The summed E-state index contributed by atoms with van der Waals surface area (Å²) in [6.45, 7) is 1.71. The molecule has 0 bridgehead atoms. The number of non-ortho nitro benzene ring substituents is 1. The van der Waals surface area contributed by atoms with Gasteiger partial charge in [-0.05, 0) is 19.1 Å². The normalized spacial score (nSPS) is 12.0. The van der Waals surface area contributed by atoms with Gasteiger partial charge in [0.05, 0.1) is 32.8 Å². The van der Waals surface area contributed by atoms with E-state index in [-0.39, 0.29) is 21.3 Å². The summed E-state index contributed by atoms with van der Waals surface area (Å²) in [7, 11) is 0. The van der Waals surface area contributed by atoms with E-state index in [4.69, 9.17) is 27.6 Å². The number of rotatable bonds is 4. The molecule has 0 fully saturated rings. The van der Waals surface area contributed by atoms with Gasteiger partial charge in [0, 0.05) is 12.1 Å². The van der Waals surface area contributed by atoms with E-state index in [1.807, 2.05) is 0 Å². The van der Waals surface area contributed by atoms with Gasteiger partial charge >= 0.3 is 0 Å². The van der Waals surface area contributed by atoms with Crippen molar-refractivity contribution < 1.29 is 14.1 Å². The quantitative estimate of drug-likeness (QED) is 0.679. The molecule has 1 heterocycles. The molecule has 2 aromatic rings. The first-order valence-corrected chi connectivity index (χ1v) is 6.63. The zero-order valence-corrected chi connectivity index (χ0v) is 12.3. The average Bonchev–Trinajstić information content (AvgIpc) is 2.95. The van der Waals surface area contributed by atoms with Gasteiger partial charge in [-0.2, -0.15) is 0 Å². The van der Waals surface area contributed by atoms with Gasteiger partial charge in [0.1, 0.15) is 5.76 Å². The van der Waals surface area contributed by atoms with E-state index in [0.717, 1.165) is 12.1 Å². The van der Waals surface area contributed by atoms with E-state index in [1.165, 1.54) is 6.26 Å². The van der Waals surface area contributed by atoms with Crippen LogP contribution in [0.3, 0.4) is 0 Å². The summed E-state index contributed by atoms with van der Waals surface area (Å²) in [6, 6.07) is 5.15. The van der Waals surface area contributed by atoms with Gasteiger partial charge in [-0.25, -0.2) is 0 Å². The van der Waals surface area contributed by atoms with Crippen molar-refractivity contribution in [3.05, 3.63) is 62.0 Å². The highest BCUT2D eigenvalue weighted by atomic mass is 35.5.